The van der Waals surface area contributed by atoms with E-state index in [9.17, 15) is 29.4 Å². The smallest absolute Gasteiger partial charge is 0.412 e. The van der Waals surface area contributed by atoms with E-state index < -0.39 is 40.7 Å². The monoisotopic (exact) mass is 554 g/mol. The van der Waals surface area contributed by atoms with E-state index in [1.807, 2.05) is 0 Å². The molecule has 4 N–H and O–H groups in total. The van der Waals surface area contributed by atoms with Crippen LogP contribution in [0.3, 0.4) is 0 Å². The van der Waals surface area contributed by atoms with Crippen molar-refractivity contribution in [3.05, 3.63) is 56.6 Å². The van der Waals surface area contributed by atoms with Crippen molar-refractivity contribution >= 4 is 34.7 Å². The molecule has 0 unspecified atom stereocenters. The normalized spacial score (nSPS) is 17.6. The summed E-state index contributed by atoms with van der Waals surface area (Å²) in [5.41, 5.74) is 3.10. The lowest BCUT2D eigenvalue weighted by atomic mass is 9.86. The molecular formula is C27H27FN4O8. The number of pyridine rings is 2. The second-order valence-corrected chi connectivity index (χ2v) is 10.7. The van der Waals surface area contributed by atoms with Crippen LogP contribution in [0.1, 0.15) is 56.4 Å². The topological polar surface area (TPSA) is 174 Å². The first-order chi connectivity index (χ1) is 18.7. The van der Waals surface area contributed by atoms with Gasteiger partial charge in [0.25, 0.3) is 5.56 Å². The number of carboxylic acid groups (broad SMARTS) is 1. The number of benzene rings is 1. The molecule has 1 aromatic carbocycles. The van der Waals surface area contributed by atoms with E-state index in [4.69, 9.17) is 15.2 Å². The molecule has 0 fully saturated rings. The van der Waals surface area contributed by atoms with Crippen molar-refractivity contribution in [1.82, 2.24) is 9.55 Å². The molecule has 4 heterocycles. The summed E-state index contributed by atoms with van der Waals surface area (Å²) in [6, 6.07) is 3.88. The molecule has 3 aromatic rings. The molecular weight excluding hydrogens is 527 g/mol. The van der Waals surface area contributed by atoms with E-state index in [1.54, 1.807) is 27.7 Å². The van der Waals surface area contributed by atoms with Crippen molar-refractivity contribution in [2.75, 3.05) is 4.90 Å². The third-order valence-corrected chi connectivity index (χ3v) is 7.34. The fourth-order valence-electron chi connectivity index (χ4n) is 5.40. The van der Waals surface area contributed by atoms with E-state index >= 15 is 4.39 Å². The Kier molecular flexibility index (Phi) is 6.10. The number of nitrogens with two attached hydrogens (primary N) is 1. The highest BCUT2D eigenvalue weighted by Crippen LogP contribution is 2.41. The lowest BCUT2D eigenvalue weighted by Gasteiger charge is -2.33. The zero-order valence-corrected chi connectivity index (χ0v) is 22.2. The average molecular weight is 555 g/mol. The predicted molar refractivity (Wildman–Crippen MR) is 139 cm³/mol. The van der Waals surface area contributed by atoms with Gasteiger partial charge in [-0.25, -0.2) is 23.8 Å². The summed E-state index contributed by atoms with van der Waals surface area (Å²) in [6.45, 7) is 5.71. The van der Waals surface area contributed by atoms with Gasteiger partial charge in [0.05, 0.1) is 34.7 Å². The highest BCUT2D eigenvalue weighted by atomic mass is 19.1. The fraction of sp³-hybridized carbons (Fsp3) is 0.370. The predicted octanol–water partition coefficient (Wildman–Crippen LogP) is 3.10. The maximum Gasteiger partial charge on any atom is 0.412 e. The number of amides is 2. The maximum atomic E-state index is 15.4. The van der Waals surface area contributed by atoms with Gasteiger partial charge in [0.15, 0.2) is 5.60 Å². The van der Waals surface area contributed by atoms with Gasteiger partial charge in [0.2, 0.25) is 0 Å². The van der Waals surface area contributed by atoms with E-state index in [1.165, 1.54) is 16.7 Å². The third kappa shape index (κ3) is 3.96. The molecule has 12 nitrogen and oxygen atoms in total. The van der Waals surface area contributed by atoms with Gasteiger partial charge in [0, 0.05) is 33.7 Å². The van der Waals surface area contributed by atoms with Crippen LogP contribution in [0, 0.1) is 5.82 Å². The minimum absolute atomic E-state index is 0.0235. The van der Waals surface area contributed by atoms with Gasteiger partial charge in [-0.1, -0.05) is 6.92 Å². The van der Waals surface area contributed by atoms with E-state index in [2.05, 4.69) is 4.98 Å². The van der Waals surface area contributed by atoms with Crippen LogP contribution in [0.5, 0.6) is 0 Å². The molecule has 0 aliphatic carbocycles. The Balaban J connectivity index is 1.80. The van der Waals surface area contributed by atoms with E-state index in [0.717, 1.165) is 11.0 Å². The number of ether oxygens (including phenoxy) is 2. The summed E-state index contributed by atoms with van der Waals surface area (Å²) in [5.74, 6) is -1.73. The number of rotatable bonds is 4. The van der Waals surface area contributed by atoms with Gasteiger partial charge < -0.3 is 30.0 Å². The van der Waals surface area contributed by atoms with Crippen molar-refractivity contribution < 1.29 is 38.5 Å². The summed E-state index contributed by atoms with van der Waals surface area (Å²) >= 11 is 0. The minimum Gasteiger partial charge on any atom is -0.465 e. The summed E-state index contributed by atoms with van der Waals surface area (Å²) in [4.78, 5) is 55.1. The number of carbonyl (C=O) groups is 3. The number of hydrogen-bond donors (Lipinski definition) is 3. The minimum atomic E-state index is -2.03. The molecule has 1 atom stereocenters. The molecule has 2 amide bonds. The number of anilines is 1. The number of carbonyl (C=O) groups excluding carboxylic acids is 2. The standard InChI is InChI=1S/C27H27FN4O8/c1-5-27(38)16-7-20-21-13(9-31(20)22(33)15(16)11-39-23(27)34)14(10-40-24(29)35)12-6-19(17(28)8-18(12)30-21)32(25(36)37)26(2,3)4/h6-8,38H,5,9-11H2,1-4H3,(H2,29,35)(H,36,37)/t27-/m0/s1. The molecule has 2 aliphatic heterocycles. The van der Waals surface area contributed by atoms with Gasteiger partial charge in [-0.15, -0.1) is 0 Å². The number of fused-ring (bicyclic) bond motifs is 5. The van der Waals surface area contributed by atoms with Gasteiger partial charge in [-0.3, -0.25) is 9.69 Å². The zero-order chi connectivity index (χ0) is 29.3. The van der Waals surface area contributed by atoms with Crippen LogP contribution in [0.4, 0.5) is 19.7 Å². The Labute approximate surface area is 226 Å². The van der Waals surface area contributed by atoms with Gasteiger partial charge in [-0.2, -0.15) is 0 Å². The molecule has 40 heavy (non-hydrogen) atoms. The quantitative estimate of drug-likeness (QED) is 0.320. The van der Waals surface area contributed by atoms with Crippen LogP contribution < -0.4 is 16.2 Å². The summed E-state index contributed by atoms with van der Waals surface area (Å²) in [5, 5.41) is 21.2. The number of cyclic esters (lactones) is 1. The first-order valence-electron chi connectivity index (χ1n) is 12.5. The lowest BCUT2D eigenvalue weighted by Crippen LogP contribution is -2.45. The van der Waals surface area contributed by atoms with Gasteiger partial charge in [0.1, 0.15) is 19.0 Å². The third-order valence-electron chi connectivity index (χ3n) is 7.34. The maximum absolute atomic E-state index is 15.4. The summed E-state index contributed by atoms with van der Waals surface area (Å²) in [7, 11) is 0. The summed E-state index contributed by atoms with van der Waals surface area (Å²) < 4.78 is 27.0. The molecule has 0 saturated heterocycles. The molecule has 2 aliphatic rings. The molecule has 210 valence electrons. The van der Waals surface area contributed by atoms with Crippen LogP contribution in [-0.2, 0) is 39.6 Å². The SMILES string of the molecule is CC[C@@]1(O)C(=O)OCc2c1cc1n(c2=O)Cc2c-1nc1cc(F)c(N(C(=O)O)C(C)(C)C)cc1c2COC(N)=O. The van der Waals surface area contributed by atoms with Crippen LogP contribution >= 0.6 is 0 Å². The number of hydrogen-bond acceptors (Lipinski definition) is 8. The highest BCUT2D eigenvalue weighted by molar-refractivity contribution is 5.95. The Bertz CT molecular complexity index is 1690. The molecule has 0 spiro atoms. The molecule has 0 radical (unpaired) electrons. The Hall–Kier alpha value is -4.52. The second kappa shape index (κ2) is 9.01. The average Bonchev–Trinajstić information content (AvgIpc) is 3.22. The molecule has 5 rings (SSSR count). The Morgan fingerprint density at radius 3 is 2.55 bits per heavy atom. The first kappa shape index (κ1) is 27.1. The van der Waals surface area contributed by atoms with E-state index in [-0.39, 0.29) is 59.9 Å². The molecule has 13 heteroatoms. The molecule has 0 saturated carbocycles. The summed E-state index contributed by atoms with van der Waals surface area (Å²) in [6.07, 6.45) is -2.49. The highest BCUT2D eigenvalue weighted by Gasteiger charge is 2.45. The largest absolute Gasteiger partial charge is 0.465 e. The van der Waals surface area contributed by atoms with Crippen molar-refractivity contribution in [2.24, 2.45) is 5.73 Å². The van der Waals surface area contributed by atoms with Gasteiger partial charge in [-0.05, 0) is 39.3 Å². The zero-order valence-electron chi connectivity index (χ0n) is 22.2. The van der Waals surface area contributed by atoms with E-state index in [0.29, 0.717) is 16.5 Å². The number of aromatic nitrogens is 2. The first-order valence-corrected chi connectivity index (χ1v) is 12.5. The number of aliphatic hydroxyl groups is 1. The fourth-order valence-corrected chi connectivity index (χ4v) is 5.40. The number of nitrogens with zero attached hydrogens (tertiary/aromatic N) is 3. The molecule has 2 aromatic heterocycles. The Morgan fingerprint density at radius 1 is 1.25 bits per heavy atom. The van der Waals surface area contributed by atoms with Crippen molar-refractivity contribution in [3.8, 4) is 11.4 Å². The van der Waals surface area contributed by atoms with Gasteiger partial charge >= 0.3 is 18.2 Å². The van der Waals surface area contributed by atoms with Crippen molar-refractivity contribution in [1.29, 1.82) is 0 Å². The Morgan fingerprint density at radius 2 is 1.95 bits per heavy atom. The van der Waals surface area contributed by atoms with Crippen LogP contribution in [0.15, 0.2) is 23.0 Å². The number of esters is 1. The van der Waals surface area contributed by atoms with Crippen molar-refractivity contribution in [3.63, 3.8) is 0 Å². The van der Waals surface area contributed by atoms with Crippen LogP contribution in [0.2, 0.25) is 0 Å². The second-order valence-electron chi connectivity index (χ2n) is 10.7. The number of primary amides is 1. The lowest BCUT2D eigenvalue weighted by molar-refractivity contribution is -0.172. The van der Waals surface area contributed by atoms with Crippen LogP contribution in [-0.4, -0.2) is 43.5 Å². The van der Waals surface area contributed by atoms with Crippen molar-refractivity contribution in [2.45, 2.75) is 65.0 Å². The number of halogens is 1. The van der Waals surface area contributed by atoms with Crippen LogP contribution in [0.25, 0.3) is 22.3 Å². The molecule has 0 bridgehead atoms.